The molecule has 0 aliphatic carbocycles. The minimum atomic E-state index is -1.01. The minimum absolute atomic E-state index is 0.622. The fourth-order valence-corrected chi connectivity index (χ4v) is 1.42. The lowest BCUT2D eigenvalue weighted by atomic mass is 10.1. The Bertz CT molecular complexity index is 465. The van der Waals surface area contributed by atoms with Crippen molar-refractivity contribution in [2.24, 2.45) is 11.7 Å². The predicted molar refractivity (Wildman–Crippen MR) is 74.5 cm³/mol. The minimum Gasteiger partial charge on any atom is -0.459 e. The van der Waals surface area contributed by atoms with E-state index in [4.69, 9.17) is 15.2 Å². The molecule has 0 saturated carbocycles. The van der Waals surface area contributed by atoms with Crippen molar-refractivity contribution in [1.82, 2.24) is 0 Å². The summed E-state index contributed by atoms with van der Waals surface area (Å²) in [5.74, 6) is -2.33. The molecule has 0 heterocycles. The van der Waals surface area contributed by atoms with Crippen LogP contribution in [0.2, 0.25) is 0 Å². The Hall–Kier alpha value is -1.88. The van der Waals surface area contributed by atoms with Crippen LogP contribution in [0.15, 0.2) is 30.3 Å². The van der Waals surface area contributed by atoms with Crippen LogP contribution in [0.1, 0.15) is 39.5 Å². The Labute approximate surface area is 119 Å². The lowest BCUT2D eigenvalue weighted by Gasteiger charge is -2.22. The van der Waals surface area contributed by atoms with E-state index >= 15 is 0 Å². The average Bonchev–Trinajstić information content (AvgIpc) is 2.36. The average molecular weight is 279 g/mol. The summed E-state index contributed by atoms with van der Waals surface area (Å²) in [6, 6.07) is 8.91. The SMILES string of the molecule is CC(C(=O)OC(N)c1ccccc1)C(=O)OC(C)(C)C. The van der Waals surface area contributed by atoms with Gasteiger partial charge in [-0.05, 0) is 27.7 Å². The van der Waals surface area contributed by atoms with Crippen molar-refractivity contribution < 1.29 is 19.1 Å². The topological polar surface area (TPSA) is 78.6 Å². The highest BCUT2D eigenvalue weighted by Gasteiger charge is 2.29. The zero-order chi connectivity index (χ0) is 15.3. The smallest absolute Gasteiger partial charge is 0.321 e. The van der Waals surface area contributed by atoms with Gasteiger partial charge in [-0.3, -0.25) is 15.3 Å². The van der Waals surface area contributed by atoms with E-state index in [1.54, 1.807) is 45.0 Å². The molecular formula is C15H21NO4. The summed E-state index contributed by atoms with van der Waals surface area (Å²) in [7, 11) is 0. The Morgan fingerprint density at radius 3 is 2.15 bits per heavy atom. The van der Waals surface area contributed by atoms with Gasteiger partial charge in [-0.1, -0.05) is 30.3 Å². The van der Waals surface area contributed by atoms with Crippen LogP contribution in [-0.2, 0) is 19.1 Å². The van der Waals surface area contributed by atoms with Crippen molar-refractivity contribution in [2.45, 2.75) is 39.5 Å². The quantitative estimate of drug-likeness (QED) is 0.519. The fraction of sp³-hybridized carbons (Fsp3) is 0.467. The molecule has 0 aliphatic heterocycles. The van der Waals surface area contributed by atoms with Crippen LogP contribution in [-0.4, -0.2) is 17.5 Å². The third kappa shape index (κ3) is 5.01. The zero-order valence-corrected chi connectivity index (χ0v) is 12.3. The van der Waals surface area contributed by atoms with Crippen LogP contribution in [0, 0.1) is 5.92 Å². The number of esters is 2. The van der Waals surface area contributed by atoms with Crippen LogP contribution in [0.5, 0.6) is 0 Å². The molecule has 5 nitrogen and oxygen atoms in total. The summed E-state index contributed by atoms with van der Waals surface area (Å²) in [5, 5.41) is 0. The van der Waals surface area contributed by atoms with Crippen molar-refractivity contribution in [3.05, 3.63) is 35.9 Å². The van der Waals surface area contributed by atoms with E-state index in [0.717, 1.165) is 0 Å². The maximum atomic E-state index is 11.9. The van der Waals surface area contributed by atoms with E-state index in [1.807, 2.05) is 6.07 Å². The molecule has 110 valence electrons. The summed E-state index contributed by atoms with van der Waals surface area (Å²) >= 11 is 0. The zero-order valence-electron chi connectivity index (χ0n) is 12.3. The van der Waals surface area contributed by atoms with Gasteiger partial charge in [0.15, 0.2) is 12.1 Å². The van der Waals surface area contributed by atoms with Gasteiger partial charge in [0.1, 0.15) is 5.60 Å². The third-order valence-electron chi connectivity index (χ3n) is 2.49. The van der Waals surface area contributed by atoms with Crippen LogP contribution in [0.4, 0.5) is 0 Å². The second-order valence-electron chi connectivity index (χ2n) is 5.52. The van der Waals surface area contributed by atoms with E-state index < -0.39 is 29.7 Å². The van der Waals surface area contributed by atoms with E-state index in [-0.39, 0.29) is 0 Å². The molecule has 0 fully saturated rings. The molecule has 2 atom stereocenters. The van der Waals surface area contributed by atoms with E-state index in [9.17, 15) is 9.59 Å². The van der Waals surface area contributed by atoms with Gasteiger partial charge in [-0.2, -0.15) is 0 Å². The summed E-state index contributed by atoms with van der Waals surface area (Å²) in [6.45, 7) is 6.64. The van der Waals surface area contributed by atoms with Gasteiger partial charge < -0.3 is 9.47 Å². The molecule has 0 radical (unpaired) electrons. The first kappa shape index (κ1) is 16.2. The number of nitrogens with two attached hydrogens (primary N) is 1. The Kier molecular flexibility index (Phi) is 5.27. The molecule has 1 rings (SSSR count). The van der Waals surface area contributed by atoms with Crippen molar-refractivity contribution in [3.63, 3.8) is 0 Å². The standard InChI is InChI=1S/C15H21NO4/c1-10(14(18)20-15(2,3)4)13(17)19-12(16)11-8-6-5-7-9-11/h5-10,12H,16H2,1-4H3. The number of ether oxygens (including phenoxy) is 2. The summed E-state index contributed by atoms with van der Waals surface area (Å²) < 4.78 is 10.2. The molecule has 0 aliphatic rings. The van der Waals surface area contributed by atoms with Gasteiger partial charge in [0.25, 0.3) is 0 Å². The molecule has 1 aromatic carbocycles. The number of carbonyl (C=O) groups excluding carboxylic acids is 2. The maximum absolute atomic E-state index is 11.9. The first-order valence-corrected chi connectivity index (χ1v) is 6.44. The molecule has 0 aromatic heterocycles. The molecule has 1 aromatic rings. The Morgan fingerprint density at radius 2 is 1.65 bits per heavy atom. The van der Waals surface area contributed by atoms with E-state index in [0.29, 0.717) is 5.56 Å². The second-order valence-corrected chi connectivity index (χ2v) is 5.52. The van der Waals surface area contributed by atoms with Crippen molar-refractivity contribution in [1.29, 1.82) is 0 Å². The molecule has 5 heteroatoms. The van der Waals surface area contributed by atoms with Gasteiger partial charge in [-0.15, -0.1) is 0 Å². The molecule has 0 amide bonds. The van der Waals surface area contributed by atoms with Gasteiger partial charge in [0.2, 0.25) is 0 Å². The van der Waals surface area contributed by atoms with Gasteiger partial charge in [-0.25, -0.2) is 0 Å². The molecule has 2 unspecified atom stereocenters. The fourth-order valence-electron chi connectivity index (χ4n) is 1.42. The highest BCUT2D eigenvalue weighted by atomic mass is 16.6. The molecule has 0 spiro atoms. The normalized spacial score (nSPS) is 14.2. The molecule has 20 heavy (non-hydrogen) atoms. The van der Waals surface area contributed by atoms with Gasteiger partial charge >= 0.3 is 11.9 Å². The van der Waals surface area contributed by atoms with Gasteiger partial charge in [0, 0.05) is 5.56 Å². The first-order chi connectivity index (χ1) is 9.20. The first-order valence-electron chi connectivity index (χ1n) is 6.44. The maximum Gasteiger partial charge on any atom is 0.321 e. The van der Waals surface area contributed by atoms with Gasteiger partial charge in [0.05, 0.1) is 0 Å². The van der Waals surface area contributed by atoms with Crippen molar-refractivity contribution in [2.75, 3.05) is 0 Å². The van der Waals surface area contributed by atoms with Crippen LogP contribution < -0.4 is 5.73 Å². The Morgan fingerprint density at radius 1 is 1.10 bits per heavy atom. The summed E-state index contributed by atoms with van der Waals surface area (Å²) in [4.78, 5) is 23.6. The monoisotopic (exact) mass is 279 g/mol. The Balaban J connectivity index is 2.60. The highest BCUT2D eigenvalue weighted by molar-refractivity contribution is 5.94. The van der Waals surface area contributed by atoms with Crippen molar-refractivity contribution in [3.8, 4) is 0 Å². The molecule has 0 bridgehead atoms. The van der Waals surface area contributed by atoms with Crippen LogP contribution in [0.3, 0.4) is 0 Å². The third-order valence-corrected chi connectivity index (χ3v) is 2.49. The van der Waals surface area contributed by atoms with E-state index in [2.05, 4.69) is 0 Å². The van der Waals surface area contributed by atoms with Crippen LogP contribution in [0.25, 0.3) is 0 Å². The predicted octanol–water partition coefficient (Wildman–Crippen LogP) is 2.16. The summed E-state index contributed by atoms with van der Waals surface area (Å²) in [5.41, 5.74) is 5.78. The highest BCUT2D eigenvalue weighted by Crippen LogP contribution is 2.16. The van der Waals surface area contributed by atoms with Crippen molar-refractivity contribution >= 4 is 11.9 Å². The summed E-state index contributed by atoms with van der Waals surface area (Å²) in [6.07, 6.45) is -0.895. The number of rotatable bonds is 4. The lowest BCUT2D eigenvalue weighted by molar-refractivity contribution is -0.170. The number of carbonyl (C=O) groups is 2. The number of hydrogen-bond acceptors (Lipinski definition) is 5. The molecular weight excluding hydrogens is 258 g/mol. The lowest BCUT2D eigenvalue weighted by Crippen LogP contribution is -2.33. The number of benzene rings is 1. The molecule has 0 saturated heterocycles. The largest absolute Gasteiger partial charge is 0.459 e. The molecule has 2 N–H and O–H groups in total. The van der Waals surface area contributed by atoms with E-state index in [1.165, 1.54) is 6.92 Å². The second kappa shape index (κ2) is 6.52. The van der Waals surface area contributed by atoms with Crippen LogP contribution >= 0.6 is 0 Å². The number of hydrogen-bond donors (Lipinski definition) is 1.